The SMILES string of the molecule is CCOP(=O)(O)OC(C)CC(C)C. The lowest BCUT2D eigenvalue weighted by molar-refractivity contribution is 0.105. The lowest BCUT2D eigenvalue weighted by atomic mass is 10.1. The number of rotatable bonds is 6. The summed E-state index contributed by atoms with van der Waals surface area (Å²) < 4.78 is 20.6. The van der Waals surface area contributed by atoms with Crippen LogP contribution in [0, 0.1) is 5.92 Å². The van der Waals surface area contributed by atoms with E-state index in [9.17, 15) is 4.57 Å². The first kappa shape index (κ1) is 13.1. The standard InChI is InChI=1S/C8H19O4P/c1-5-11-13(9,10)12-8(4)6-7(2)3/h7-8H,5-6H2,1-4H3,(H,9,10). The Morgan fingerprint density at radius 1 is 1.38 bits per heavy atom. The topological polar surface area (TPSA) is 55.8 Å². The van der Waals surface area contributed by atoms with Gasteiger partial charge >= 0.3 is 7.82 Å². The normalized spacial score (nSPS) is 18.6. The fourth-order valence-electron chi connectivity index (χ4n) is 1.13. The lowest BCUT2D eigenvalue weighted by Gasteiger charge is -2.18. The summed E-state index contributed by atoms with van der Waals surface area (Å²) in [6, 6.07) is 0. The first-order valence-corrected chi connectivity index (χ1v) is 6.02. The Hall–Kier alpha value is 0.110. The summed E-state index contributed by atoms with van der Waals surface area (Å²) in [4.78, 5) is 9.11. The van der Waals surface area contributed by atoms with Crippen molar-refractivity contribution in [2.45, 2.75) is 40.2 Å². The molecule has 0 fully saturated rings. The van der Waals surface area contributed by atoms with Gasteiger partial charge in [0.1, 0.15) is 0 Å². The Balaban J connectivity index is 3.89. The highest BCUT2D eigenvalue weighted by atomic mass is 31.2. The minimum atomic E-state index is -3.80. The van der Waals surface area contributed by atoms with Gasteiger partial charge in [-0.1, -0.05) is 13.8 Å². The zero-order valence-electron chi connectivity index (χ0n) is 8.69. The third-order valence-corrected chi connectivity index (χ3v) is 2.62. The van der Waals surface area contributed by atoms with Gasteiger partial charge in [-0.05, 0) is 26.2 Å². The van der Waals surface area contributed by atoms with Gasteiger partial charge in [-0.15, -0.1) is 0 Å². The van der Waals surface area contributed by atoms with Crippen LogP contribution in [0.3, 0.4) is 0 Å². The number of phosphoric ester groups is 1. The van der Waals surface area contributed by atoms with E-state index in [2.05, 4.69) is 4.52 Å². The predicted molar refractivity (Wildman–Crippen MR) is 51.5 cm³/mol. The maximum Gasteiger partial charge on any atom is 0.472 e. The highest BCUT2D eigenvalue weighted by molar-refractivity contribution is 7.47. The number of hydrogen-bond donors (Lipinski definition) is 1. The van der Waals surface area contributed by atoms with Crippen LogP contribution < -0.4 is 0 Å². The summed E-state index contributed by atoms with van der Waals surface area (Å²) >= 11 is 0. The van der Waals surface area contributed by atoms with E-state index in [4.69, 9.17) is 9.42 Å². The van der Waals surface area contributed by atoms with Crippen LogP contribution in [0.15, 0.2) is 0 Å². The Bertz CT molecular complexity index is 181. The Morgan fingerprint density at radius 2 is 1.92 bits per heavy atom. The van der Waals surface area contributed by atoms with Crippen molar-refractivity contribution in [1.29, 1.82) is 0 Å². The van der Waals surface area contributed by atoms with Gasteiger partial charge < -0.3 is 4.89 Å². The average Bonchev–Trinajstić information content (AvgIpc) is 1.81. The maximum atomic E-state index is 11.1. The van der Waals surface area contributed by atoms with Gasteiger partial charge in [0.15, 0.2) is 0 Å². The van der Waals surface area contributed by atoms with Crippen LogP contribution in [0.2, 0.25) is 0 Å². The Kier molecular flexibility index (Phi) is 5.81. The summed E-state index contributed by atoms with van der Waals surface area (Å²) in [5, 5.41) is 0. The minimum Gasteiger partial charge on any atom is -0.302 e. The zero-order chi connectivity index (χ0) is 10.5. The number of phosphoric acid groups is 1. The smallest absolute Gasteiger partial charge is 0.302 e. The van der Waals surface area contributed by atoms with Gasteiger partial charge in [0, 0.05) is 0 Å². The van der Waals surface area contributed by atoms with Gasteiger partial charge in [0.2, 0.25) is 0 Å². The monoisotopic (exact) mass is 210 g/mol. The third kappa shape index (κ3) is 7.20. The fourth-order valence-corrected chi connectivity index (χ4v) is 2.06. The van der Waals surface area contributed by atoms with Crippen LogP contribution in [0.4, 0.5) is 0 Å². The molecule has 0 saturated heterocycles. The van der Waals surface area contributed by atoms with Crippen molar-refractivity contribution in [3.8, 4) is 0 Å². The van der Waals surface area contributed by atoms with E-state index in [1.54, 1.807) is 13.8 Å². The summed E-state index contributed by atoms with van der Waals surface area (Å²) in [5.74, 6) is 0.441. The summed E-state index contributed by atoms with van der Waals surface area (Å²) in [6.45, 7) is 7.66. The first-order chi connectivity index (χ1) is 5.87. The summed E-state index contributed by atoms with van der Waals surface area (Å²) in [5.41, 5.74) is 0. The molecule has 0 saturated carbocycles. The minimum absolute atomic E-state index is 0.183. The van der Waals surface area contributed by atoms with Gasteiger partial charge in [-0.25, -0.2) is 4.57 Å². The molecule has 0 aromatic rings. The van der Waals surface area contributed by atoms with Crippen LogP contribution in [0.1, 0.15) is 34.1 Å². The molecule has 2 atom stereocenters. The average molecular weight is 210 g/mol. The van der Waals surface area contributed by atoms with E-state index in [-0.39, 0.29) is 12.7 Å². The molecular weight excluding hydrogens is 191 g/mol. The molecule has 1 N–H and O–H groups in total. The van der Waals surface area contributed by atoms with E-state index in [0.717, 1.165) is 6.42 Å². The molecule has 2 unspecified atom stereocenters. The fraction of sp³-hybridized carbons (Fsp3) is 1.00. The summed E-state index contributed by atoms with van der Waals surface area (Å²) in [7, 11) is -3.80. The van der Waals surface area contributed by atoms with E-state index in [1.165, 1.54) is 0 Å². The molecule has 0 spiro atoms. The first-order valence-electron chi connectivity index (χ1n) is 4.53. The van der Waals surface area contributed by atoms with E-state index >= 15 is 0 Å². The van der Waals surface area contributed by atoms with E-state index in [0.29, 0.717) is 5.92 Å². The van der Waals surface area contributed by atoms with Crippen LogP contribution in [-0.2, 0) is 13.6 Å². The number of hydrogen-bond acceptors (Lipinski definition) is 3. The lowest BCUT2D eigenvalue weighted by Crippen LogP contribution is -2.10. The third-order valence-electron chi connectivity index (χ3n) is 1.41. The van der Waals surface area contributed by atoms with Crippen LogP contribution >= 0.6 is 7.82 Å². The molecule has 80 valence electrons. The molecule has 0 aromatic carbocycles. The zero-order valence-corrected chi connectivity index (χ0v) is 9.58. The quantitative estimate of drug-likeness (QED) is 0.684. The second kappa shape index (κ2) is 5.76. The van der Waals surface area contributed by atoms with Crippen molar-refractivity contribution in [1.82, 2.24) is 0 Å². The second-order valence-electron chi connectivity index (χ2n) is 3.43. The molecule has 4 nitrogen and oxygen atoms in total. The molecule has 0 aliphatic rings. The predicted octanol–water partition coefficient (Wildman–Crippen LogP) is 2.57. The van der Waals surface area contributed by atoms with Gasteiger partial charge in [0.05, 0.1) is 12.7 Å². The maximum absolute atomic E-state index is 11.1. The molecule has 0 bridgehead atoms. The largest absolute Gasteiger partial charge is 0.472 e. The van der Waals surface area contributed by atoms with Crippen molar-refractivity contribution in [2.75, 3.05) is 6.61 Å². The molecular formula is C8H19O4P. The summed E-state index contributed by atoms with van der Waals surface area (Å²) in [6.07, 6.45) is 0.500. The molecule has 0 aliphatic heterocycles. The molecule has 0 amide bonds. The van der Waals surface area contributed by atoms with E-state index < -0.39 is 7.82 Å². The molecule has 0 aromatic heterocycles. The van der Waals surface area contributed by atoms with Crippen molar-refractivity contribution in [3.05, 3.63) is 0 Å². The highest BCUT2D eigenvalue weighted by Crippen LogP contribution is 2.44. The van der Waals surface area contributed by atoms with Crippen molar-refractivity contribution in [2.24, 2.45) is 5.92 Å². The van der Waals surface area contributed by atoms with Crippen molar-refractivity contribution >= 4 is 7.82 Å². The van der Waals surface area contributed by atoms with E-state index in [1.807, 2.05) is 13.8 Å². The van der Waals surface area contributed by atoms with Crippen LogP contribution in [0.25, 0.3) is 0 Å². The second-order valence-corrected chi connectivity index (χ2v) is 4.84. The molecule has 5 heteroatoms. The molecule has 0 aliphatic carbocycles. The van der Waals surface area contributed by atoms with Gasteiger partial charge in [-0.3, -0.25) is 9.05 Å². The molecule has 0 heterocycles. The molecule has 13 heavy (non-hydrogen) atoms. The van der Waals surface area contributed by atoms with Crippen molar-refractivity contribution < 1.29 is 18.5 Å². The Morgan fingerprint density at radius 3 is 2.31 bits per heavy atom. The molecule has 0 rings (SSSR count). The van der Waals surface area contributed by atoms with Crippen molar-refractivity contribution in [3.63, 3.8) is 0 Å². The highest BCUT2D eigenvalue weighted by Gasteiger charge is 2.23. The Labute approximate surface area is 79.9 Å². The molecule has 0 radical (unpaired) electrons. The van der Waals surface area contributed by atoms with Gasteiger partial charge in [0.25, 0.3) is 0 Å². The van der Waals surface area contributed by atoms with Gasteiger partial charge in [-0.2, -0.15) is 0 Å². The van der Waals surface area contributed by atoms with Crippen LogP contribution in [0.5, 0.6) is 0 Å². The van der Waals surface area contributed by atoms with Crippen LogP contribution in [-0.4, -0.2) is 17.6 Å².